The number of fused-ring (bicyclic) bond motifs is 6. The Hall–Kier alpha value is -5.12. The highest BCUT2D eigenvalue weighted by atomic mass is 15.0. The smallest absolute Gasteiger partial charge is 0.0562 e. The van der Waals surface area contributed by atoms with Crippen LogP contribution in [0.5, 0.6) is 0 Å². The van der Waals surface area contributed by atoms with Crippen LogP contribution in [0.4, 0.5) is 0 Å². The molecule has 0 atom stereocenters. The van der Waals surface area contributed by atoms with Crippen molar-refractivity contribution in [1.29, 1.82) is 0 Å². The molecule has 0 aliphatic rings. The van der Waals surface area contributed by atoms with E-state index < -0.39 is 0 Å². The normalized spacial score (nSPS) is 11.7. The zero-order chi connectivity index (χ0) is 26.6. The Morgan fingerprint density at radius 1 is 0.400 bits per heavy atom. The van der Waals surface area contributed by atoms with Gasteiger partial charge in [-0.15, -0.1) is 0 Å². The summed E-state index contributed by atoms with van der Waals surface area (Å²) in [6.45, 7) is 0.543. The molecule has 190 valence electrons. The zero-order valence-corrected chi connectivity index (χ0v) is 22.0. The average Bonchev–Trinajstić information content (AvgIpc) is 3.52. The van der Waals surface area contributed by atoms with E-state index in [1.54, 1.807) is 0 Å². The molecule has 8 aromatic rings. The van der Waals surface area contributed by atoms with Crippen LogP contribution in [0.3, 0.4) is 0 Å². The number of nitrogens with two attached hydrogens (primary N) is 1. The number of hydrogen-bond donors (Lipinski definition) is 1. The van der Waals surface area contributed by atoms with Crippen LogP contribution in [-0.2, 0) is 6.54 Å². The average molecular weight is 514 g/mol. The van der Waals surface area contributed by atoms with Gasteiger partial charge in [-0.2, -0.15) is 0 Å². The Balaban J connectivity index is 1.41. The SMILES string of the molecule is NCc1cccc(-c2ccc(-n3c4ccccc4c4cc5c6ccccc6n(-c6ccccc6)c5cc43)cc2)c1. The van der Waals surface area contributed by atoms with Crippen molar-refractivity contribution in [2.45, 2.75) is 6.54 Å². The fourth-order valence-electron chi connectivity index (χ4n) is 6.25. The maximum atomic E-state index is 5.90. The highest BCUT2D eigenvalue weighted by Crippen LogP contribution is 2.39. The molecule has 0 saturated heterocycles. The predicted molar refractivity (Wildman–Crippen MR) is 168 cm³/mol. The van der Waals surface area contributed by atoms with Gasteiger partial charge >= 0.3 is 0 Å². The molecule has 6 aromatic carbocycles. The third kappa shape index (κ3) is 3.42. The fraction of sp³-hybridized carbons (Fsp3) is 0.0270. The van der Waals surface area contributed by atoms with Crippen LogP contribution in [0, 0.1) is 0 Å². The molecular weight excluding hydrogens is 486 g/mol. The number of aromatic nitrogens is 2. The standard InChI is InChI=1S/C37H27N3/c38-24-25-9-8-10-27(21-25)26-17-19-29(20-18-26)40-35-16-7-5-14-31(35)33-22-32-30-13-4-6-15-34(30)39(36(32)23-37(33)40)28-11-2-1-3-12-28/h1-23H,24,38H2. The van der Waals surface area contributed by atoms with Gasteiger partial charge in [0, 0.05) is 39.5 Å². The molecular formula is C37H27N3. The molecule has 0 spiro atoms. The van der Waals surface area contributed by atoms with Gasteiger partial charge in [0.2, 0.25) is 0 Å². The number of benzene rings is 6. The van der Waals surface area contributed by atoms with Crippen LogP contribution in [-0.4, -0.2) is 9.13 Å². The molecule has 3 heteroatoms. The summed E-state index contributed by atoms with van der Waals surface area (Å²) in [7, 11) is 0. The summed E-state index contributed by atoms with van der Waals surface area (Å²) >= 11 is 0. The Kier molecular flexibility index (Phi) is 5.12. The first kappa shape index (κ1) is 22.8. The van der Waals surface area contributed by atoms with Crippen molar-refractivity contribution in [3.63, 3.8) is 0 Å². The molecule has 0 radical (unpaired) electrons. The van der Waals surface area contributed by atoms with E-state index in [0.717, 1.165) is 11.3 Å². The fourth-order valence-corrected chi connectivity index (χ4v) is 6.25. The Bertz CT molecular complexity index is 2180. The second-order valence-corrected chi connectivity index (χ2v) is 10.4. The third-order valence-electron chi connectivity index (χ3n) is 8.10. The minimum absolute atomic E-state index is 0.543. The van der Waals surface area contributed by atoms with Crippen LogP contribution in [0.2, 0.25) is 0 Å². The lowest BCUT2D eigenvalue weighted by molar-refractivity contribution is 1.07. The lowest BCUT2D eigenvalue weighted by Crippen LogP contribution is -1.96. The molecule has 0 unspecified atom stereocenters. The van der Waals surface area contributed by atoms with Gasteiger partial charge in [0.05, 0.1) is 22.1 Å². The first-order chi connectivity index (χ1) is 19.8. The van der Waals surface area contributed by atoms with E-state index in [9.17, 15) is 0 Å². The van der Waals surface area contributed by atoms with Crippen molar-refractivity contribution >= 4 is 43.6 Å². The van der Waals surface area contributed by atoms with Gasteiger partial charge in [0.15, 0.2) is 0 Å². The maximum absolute atomic E-state index is 5.90. The van der Waals surface area contributed by atoms with Crippen LogP contribution in [0.1, 0.15) is 5.56 Å². The van der Waals surface area contributed by atoms with Crippen LogP contribution in [0.25, 0.3) is 66.1 Å². The Labute approximate surface area is 232 Å². The van der Waals surface area contributed by atoms with Crippen LogP contribution in [0.15, 0.2) is 140 Å². The van der Waals surface area contributed by atoms with E-state index in [-0.39, 0.29) is 0 Å². The monoisotopic (exact) mass is 513 g/mol. The quantitative estimate of drug-likeness (QED) is 0.250. The minimum atomic E-state index is 0.543. The number of hydrogen-bond acceptors (Lipinski definition) is 1. The molecule has 2 heterocycles. The van der Waals surface area contributed by atoms with E-state index >= 15 is 0 Å². The highest BCUT2D eigenvalue weighted by Gasteiger charge is 2.18. The minimum Gasteiger partial charge on any atom is -0.326 e. The van der Waals surface area contributed by atoms with Gasteiger partial charge in [-0.25, -0.2) is 0 Å². The molecule has 8 rings (SSSR count). The zero-order valence-electron chi connectivity index (χ0n) is 22.0. The second-order valence-electron chi connectivity index (χ2n) is 10.4. The Morgan fingerprint density at radius 2 is 0.975 bits per heavy atom. The molecule has 0 bridgehead atoms. The molecule has 0 aliphatic heterocycles. The predicted octanol–water partition coefficient (Wildman–Crippen LogP) is 9.01. The lowest BCUT2D eigenvalue weighted by Gasteiger charge is -2.11. The van der Waals surface area contributed by atoms with Gasteiger partial charge in [-0.05, 0) is 71.3 Å². The summed E-state index contributed by atoms with van der Waals surface area (Å²) < 4.78 is 4.79. The van der Waals surface area contributed by atoms with Gasteiger partial charge in [-0.3, -0.25) is 0 Å². The molecule has 3 nitrogen and oxygen atoms in total. The topological polar surface area (TPSA) is 35.9 Å². The third-order valence-corrected chi connectivity index (χ3v) is 8.10. The molecule has 2 N–H and O–H groups in total. The first-order valence-electron chi connectivity index (χ1n) is 13.7. The van der Waals surface area contributed by atoms with Gasteiger partial charge in [-0.1, -0.05) is 84.9 Å². The van der Waals surface area contributed by atoms with Gasteiger partial charge < -0.3 is 14.9 Å². The first-order valence-corrected chi connectivity index (χ1v) is 13.7. The number of nitrogens with zero attached hydrogens (tertiary/aromatic N) is 2. The molecule has 2 aromatic heterocycles. The van der Waals surface area contributed by atoms with Crippen molar-refractivity contribution in [3.8, 4) is 22.5 Å². The molecule has 0 saturated carbocycles. The van der Waals surface area contributed by atoms with Crippen LogP contribution >= 0.6 is 0 Å². The highest BCUT2D eigenvalue weighted by molar-refractivity contribution is 6.19. The van der Waals surface area contributed by atoms with E-state index in [0.29, 0.717) is 6.54 Å². The molecule has 0 fully saturated rings. The molecule has 0 aliphatic carbocycles. The van der Waals surface area contributed by atoms with E-state index in [4.69, 9.17) is 5.73 Å². The summed E-state index contributed by atoms with van der Waals surface area (Å²) in [4.78, 5) is 0. The van der Waals surface area contributed by atoms with E-state index in [2.05, 4.69) is 149 Å². The van der Waals surface area contributed by atoms with Crippen molar-refractivity contribution < 1.29 is 0 Å². The van der Waals surface area contributed by atoms with Gasteiger partial charge in [0.1, 0.15) is 0 Å². The van der Waals surface area contributed by atoms with Crippen LogP contribution < -0.4 is 5.73 Å². The summed E-state index contributed by atoms with van der Waals surface area (Å²) in [5.41, 5.74) is 16.6. The van der Waals surface area contributed by atoms with Crippen molar-refractivity contribution in [3.05, 3.63) is 145 Å². The van der Waals surface area contributed by atoms with Crippen molar-refractivity contribution in [2.24, 2.45) is 5.73 Å². The van der Waals surface area contributed by atoms with Crippen molar-refractivity contribution in [1.82, 2.24) is 9.13 Å². The second kappa shape index (κ2) is 8.98. The summed E-state index contributed by atoms with van der Waals surface area (Å²) in [6.07, 6.45) is 0. The number of para-hydroxylation sites is 3. The summed E-state index contributed by atoms with van der Waals surface area (Å²) in [6, 6.07) is 50.2. The molecule has 40 heavy (non-hydrogen) atoms. The largest absolute Gasteiger partial charge is 0.326 e. The number of rotatable bonds is 4. The maximum Gasteiger partial charge on any atom is 0.0562 e. The van der Waals surface area contributed by atoms with Crippen molar-refractivity contribution in [2.75, 3.05) is 0 Å². The summed E-state index contributed by atoms with van der Waals surface area (Å²) in [5, 5.41) is 5.06. The van der Waals surface area contributed by atoms with Gasteiger partial charge in [0.25, 0.3) is 0 Å². The van der Waals surface area contributed by atoms with E-state index in [1.807, 2.05) is 0 Å². The lowest BCUT2D eigenvalue weighted by atomic mass is 10.0. The Morgan fingerprint density at radius 3 is 1.60 bits per heavy atom. The molecule has 0 amide bonds. The summed E-state index contributed by atoms with van der Waals surface area (Å²) in [5.74, 6) is 0. The van der Waals surface area contributed by atoms with E-state index in [1.165, 1.54) is 60.4 Å².